The van der Waals surface area contributed by atoms with Crippen LogP contribution in [0.15, 0.2) is 18.2 Å². The molecule has 3 rings (SSSR count). The smallest absolute Gasteiger partial charge is 0.321 e. The predicted octanol–water partition coefficient (Wildman–Crippen LogP) is 2.30. The molecule has 0 amide bonds. The molecule has 0 fully saturated rings. The summed E-state index contributed by atoms with van der Waals surface area (Å²) in [6.45, 7) is 5.85. The van der Waals surface area contributed by atoms with Crippen molar-refractivity contribution in [1.82, 2.24) is 15.0 Å². The highest BCUT2D eigenvalue weighted by Gasteiger charge is 2.20. The van der Waals surface area contributed by atoms with Crippen molar-refractivity contribution in [3.63, 3.8) is 0 Å². The quantitative estimate of drug-likeness (QED) is 0.909. The number of para-hydroxylation sites is 1. The molecule has 0 atom stereocenters. The first kappa shape index (κ1) is 13.6. The molecule has 1 aliphatic heterocycles. The van der Waals surface area contributed by atoms with Crippen LogP contribution in [-0.2, 0) is 6.42 Å². The standard InChI is InChI=1S/C15H18N4O2/c1-3-16-14-17-13(18-15(19-14)20-4-2)11-7-5-6-10-8-9-21-12(10)11/h5-7H,3-4,8-9H2,1-2H3,(H,16,17,18,19). The van der Waals surface area contributed by atoms with Crippen molar-refractivity contribution < 1.29 is 9.47 Å². The third kappa shape index (κ3) is 2.74. The summed E-state index contributed by atoms with van der Waals surface area (Å²) in [6.07, 6.45) is 0.923. The molecule has 0 radical (unpaired) electrons. The number of nitrogens with zero attached hydrogens (tertiary/aromatic N) is 3. The van der Waals surface area contributed by atoms with E-state index in [9.17, 15) is 0 Å². The van der Waals surface area contributed by atoms with Crippen molar-refractivity contribution >= 4 is 5.95 Å². The Labute approximate surface area is 123 Å². The summed E-state index contributed by atoms with van der Waals surface area (Å²) in [5.74, 6) is 1.96. The lowest BCUT2D eigenvalue weighted by molar-refractivity contribution is 0.312. The number of rotatable bonds is 5. The fourth-order valence-corrected chi connectivity index (χ4v) is 2.30. The van der Waals surface area contributed by atoms with E-state index in [-0.39, 0.29) is 0 Å². The van der Waals surface area contributed by atoms with Gasteiger partial charge in [-0.3, -0.25) is 0 Å². The summed E-state index contributed by atoms with van der Waals surface area (Å²) in [7, 11) is 0. The van der Waals surface area contributed by atoms with Crippen LogP contribution in [0.1, 0.15) is 19.4 Å². The fourth-order valence-electron chi connectivity index (χ4n) is 2.30. The SMILES string of the molecule is CCNc1nc(OCC)nc(-c2cccc3c2OCC3)n1. The second-order valence-electron chi connectivity index (χ2n) is 4.62. The zero-order chi connectivity index (χ0) is 14.7. The third-order valence-corrected chi connectivity index (χ3v) is 3.18. The lowest BCUT2D eigenvalue weighted by Gasteiger charge is -2.10. The van der Waals surface area contributed by atoms with Crippen LogP contribution < -0.4 is 14.8 Å². The van der Waals surface area contributed by atoms with Crippen LogP contribution in [0.3, 0.4) is 0 Å². The number of anilines is 1. The molecular weight excluding hydrogens is 268 g/mol. The largest absolute Gasteiger partial charge is 0.492 e. The number of aromatic nitrogens is 3. The van der Waals surface area contributed by atoms with Crippen molar-refractivity contribution in [2.75, 3.05) is 25.1 Å². The maximum Gasteiger partial charge on any atom is 0.321 e. The van der Waals surface area contributed by atoms with Gasteiger partial charge in [0.2, 0.25) is 5.95 Å². The minimum absolute atomic E-state index is 0.328. The number of nitrogens with one attached hydrogen (secondary N) is 1. The molecular formula is C15H18N4O2. The summed E-state index contributed by atoms with van der Waals surface area (Å²) in [4.78, 5) is 13.1. The Morgan fingerprint density at radius 3 is 2.95 bits per heavy atom. The topological polar surface area (TPSA) is 69.2 Å². The van der Waals surface area contributed by atoms with Gasteiger partial charge in [0.25, 0.3) is 0 Å². The Hall–Kier alpha value is -2.37. The molecule has 2 heterocycles. The third-order valence-electron chi connectivity index (χ3n) is 3.18. The highest BCUT2D eigenvalue weighted by Crippen LogP contribution is 2.35. The summed E-state index contributed by atoms with van der Waals surface area (Å²) < 4.78 is 11.2. The van der Waals surface area contributed by atoms with Gasteiger partial charge in [0.15, 0.2) is 5.82 Å². The van der Waals surface area contributed by atoms with Crippen molar-refractivity contribution in [2.45, 2.75) is 20.3 Å². The molecule has 0 spiro atoms. The highest BCUT2D eigenvalue weighted by atomic mass is 16.5. The van der Waals surface area contributed by atoms with Gasteiger partial charge in [-0.2, -0.15) is 15.0 Å². The molecule has 2 aromatic rings. The van der Waals surface area contributed by atoms with Crippen LogP contribution in [-0.4, -0.2) is 34.7 Å². The molecule has 0 unspecified atom stereocenters. The highest BCUT2D eigenvalue weighted by molar-refractivity contribution is 5.68. The van der Waals surface area contributed by atoms with Crippen molar-refractivity contribution in [3.05, 3.63) is 23.8 Å². The maximum absolute atomic E-state index is 5.72. The van der Waals surface area contributed by atoms with E-state index >= 15 is 0 Å². The first-order valence-corrected chi connectivity index (χ1v) is 7.19. The van der Waals surface area contributed by atoms with E-state index in [2.05, 4.69) is 26.3 Å². The molecule has 1 aliphatic rings. The van der Waals surface area contributed by atoms with Crippen molar-refractivity contribution in [2.24, 2.45) is 0 Å². The number of fused-ring (bicyclic) bond motifs is 1. The van der Waals surface area contributed by atoms with Crippen LogP contribution in [0.25, 0.3) is 11.4 Å². The lowest BCUT2D eigenvalue weighted by Crippen LogP contribution is -2.07. The van der Waals surface area contributed by atoms with Gasteiger partial charge >= 0.3 is 6.01 Å². The van der Waals surface area contributed by atoms with Crippen molar-refractivity contribution in [3.8, 4) is 23.1 Å². The van der Waals surface area contributed by atoms with Crippen LogP contribution in [0.5, 0.6) is 11.8 Å². The molecule has 0 bridgehead atoms. The van der Waals surface area contributed by atoms with E-state index < -0.39 is 0 Å². The summed E-state index contributed by atoms with van der Waals surface area (Å²) >= 11 is 0. The zero-order valence-corrected chi connectivity index (χ0v) is 12.2. The fraction of sp³-hybridized carbons (Fsp3) is 0.400. The van der Waals surface area contributed by atoms with Gasteiger partial charge in [0.05, 0.1) is 18.8 Å². The Balaban J connectivity index is 2.07. The molecule has 0 saturated carbocycles. The molecule has 110 valence electrons. The van der Waals surface area contributed by atoms with E-state index in [1.54, 1.807) is 0 Å². The summed E-state index contributed by atoms with van der Waals surface area (Å²) in [5, 5.41) is 3.10. The van der Waals surface area contributed by atoms with Gasteiger partial charge in [-0.25, -0.2) is 0 Å². The molecule has 0 aliphatic carbocycles. The van der Waals surface area contributed by atoms with Gasteiger partial charge in [0, 0.05) is 13.0 Å². The lowest BCUT2D eigenvalue weighted by atomic mass is 10.1. The molecule has 6 nitrogen and oxygen atoms in total. The Bertz CT molecular complexity index is 621. The molecule has 1 aromatic heterocycles. The second-order valence-corrected chi connectivity index (χ2v) is 4.62. The average Bonchev–Trinajstić information content (AvgIpc) is 2.96. The summed E-state index contributed by atoms with van der Waals surface area (Å²) in [6, 6.07) is 6.36. The normalized spacial score (nSPS) is 12.7. The number of hydrogen-bond acceptors (Lipinski definition) is 6. The number of hydrogen-bond donors (Lipinski definition) is 1. The maximum atomic E-state index is 5.72. The molecule has 0 saturated heterocycles. The zero-order valence-electron chi connectivity index (χ0n) is 12.2. The van der Waals surface area contributed by atoms with Crippen LogP contribution >= 0.6 is 0 Å². The van der Waals surface area contributed by atoms with Crippen molar-refractivity contribution in [1.29, 1.82) is 0 Å². The summed E-state index contributed by atoms with van der Waals surface area (Å²) in [5.41, 5.74) is 2.07. The van der Waals surface area contributed by atoms with Gasteiger partial charge in [-0.15, -0.1) is 0 Å². The van der Waals surface area contributed by atoms with Crippen LogP contribution in [0.4, 0.5) is 5.95 Å². The molecule has 6 heteroatoms. The number of ether oxygens (including phenoxy) is 2. The monoisotopic (exact) mass is 286 g/mol. The van der Waals surface area contributed by atoms with E-state index in [4.69, 9.17) is 9.47 Å². The minimum atomic E-state index is 0.328. The Morgan fingerprint density at radius 2 is 2.14 bits per heavy atom. The van der Waals surface area contributed by atoms with E-state index in [0.29, 0.717) is 31.0 Å². The minimum Gasteiger partial charge on any atom is -0.492 e. The van der Waals surface area contributed by atoms with E-state index in [0.717, 1.165) is 24.3 Å². The van der Waals surface area contributed by atoms with Gasteiger partial charge in [-0.1, -0.05) is 12.1 Å². The first-order valence-electron chi connectivity index (χ1n) is 7.19. The Morgan fingerprint density at radius 1 is 1.24 bits per heavy atom. The second kappa shape index (κ2) is 5.95. The van der Waals surface area contributed by atoms with E-state index in [1.165, 1.54) is 5.56 Å². The molecule has 21 heavy (non-hydrogen) atoms. The molecule has 1 aromatic carbocycles. The van der Waals surface area contributed by atoms with Gasteiger partial charge < -0.3 is 14.8 Å². The average molecular weight is 286 g/mol. The van der Waals surface area contributed by atoms with Crippen LogP contribution in [0.2, 0.25) is 0 Å². The predicted molar refractivity (Wildman–Crippen MR) is 79.8 cm³/mol. The van der Waals surface area contributed by atoms with E-state index in [1.807, 2.05) is 26.0 Å². The first-order chi connectivity index (χ1) is 10.3. The van der Waals surface area contributed by atoms with Gasteiger partial charge in [-0.05, 0) is 25.5 Å². The number of benzene rings is 1. The van der Waals surface area contributed by atoms with Crippen LogP contribution in [0, 0.1) is 0 Å². The van der Waals surface area contributed by atoms with Gasteiger partial charge in [0.1, 0.15) is 5.75 Å². The Kier molecular flexibility index (Phi) is 3.85. The molecule has 1 N–H and O–H groups in total.